The molecule has 4 nitrogen and oxygen atoms in total. The minimum Gasteiger partial charge on any atom is -0.309 e. The summed E-state index contributed by atoms with van der Waals surface area (Å²) >= 11 is 0. The van der Waals surface area contributed by atoms with Gasteiger partial charge in [-0.1, -0.05) is 20.3 Å². The van der Waals surface area contributed by atoms with E-state index in [1.807, 2.05) is 4.52 Å². The first-order valence-corrected chi connectivity index (χ1v) is 7.26. The fourth-order valence-corrected chi connectivity index (χ4v) is 2.74. The molecule has 0 aliphatic carbocycles. The molecule has 1 aliphatic rings. The topological polar surface area (TPSA) is 42.2 Å². The van der Waals surface area contributed by atoms with Crippen molar-refractivity contribution in [2.24, 2.45) is 0 Å². The first-order valence-electron chi connectivity index (χ1n) is 7.26. The third kappa shape index (κ3) is 2.37. The summed E-state index contributed by atoms with van der Waals surface area (Å²) in [6.45, 7) is 7.56. The van der Waals surface area contributed by atoms with Crippen molar-refractivity contribution in [2.45, 2.75) is 52.0 Å². The molecule has 0 amide bonds. The van der Waals surface area contributed by atoms with Crippen molar-refractivity contribution in [3.05, 3.63) is 29.2 Å². The summed E-state index contributed by atoms with van der Waals surface area (Å²) in [7, 11) is 0. The minimum absolute atomic E-state index is 0.400. The molecule has 0 radical (unpaired) electrons. The molecule has 1 N–H and O–H groups in total. The standard InChI is InChI=1S/C15H22N4/c1-10(2)13-8-11(3)19-15(17-13)9-14(18-19)12-6-4-5-7-16-12/h8-10,12,16H,4-7H2,1-3H3. The average Bonchev–Trinajstić information content (AvgIpc) is 2.84. The van der Waals surface area contributed by atoms with Crippen LogP contribution in [-0.2, 0) is 0 Å². The summed E-state index contributed by atoms with van der Waals surface area (Å²) in [6.07, 6.45) is 3.74. The van der Waals surface area contributed by atoms with Crippen LogP contribution in [0.4, 0.5) is 0 Å². The van der Waals surface area contributed by atoms with Crippen molar-refractivity contribution < 1.29 is 0 Å². The predicted octanol–water partition coefficient (Wildman–Crippen LogP) is 2.98. The van der Waals surface area contributed by atoms with Crippen molar-refractivity contribution in [3.63, 3.8) is 0 Å². The lowest BCUT2D eigenvalue weighted by molar-refractivity contribution is 0.404. The molecule has 1 unspecified atom stereocenters. The zero-order chi connectivity index (χ0) is 13.4. The second-order valence-corrected chi connectivity index (χ2v) is 5.82. The van der Waals surface area contributed by atoms with E-state index in [-0.39, 0.29) is 0 Å². The van der Waals surface area contributed by atoms with Gasteiger partial charge < -0.3 is 5.32 Å². The number of fused-ring (bicyclic) bond motifs is 1. The molecule has 0 saturated carbocycles. The molecule has 2 aromatic heterocycles. The van der Waals surface area contributed by atoms with Crippen LogP contribution in [0.1, 0.15) is 62.2 Å². The molecule has 0 bridgehead atoms. The van der Waals surface area contributed by atoms with E-state index in [1.54, 1.807) is 0 Å². The summed E-state index contributed by atoms with van der Waals surface area (Å²) in [6, 6.07) is 4.68. The van der Waals surface area contributed by atoms with E-state index in [4.69, 9.17) is 10.1 Å². The highest BCUT2D eigenvalue weighted by Crippen LogP contribution is 2.24. The van der Waals surface area contributed by atoms with E-state index in [1.165, 1.54) is 19.3 Å². The van der Waals surface area contributed by atoms with E-state index in [0.29, 0.717) is 12.0 Å². The molecule has 0 aromatic carbocycles. The summed E-state index contributed by atoms with van der Waals surface area (Å²) in [5, 5.41) is 8.28. The number of aryl methyl sites for hydroxylation is 1. The molecule has 1 fully saturated rings. The van der Waals surface area contributed by atoms with Crippen LogP contribution < -0.4 is 5.32 Å². The van der Waals surface area contributed by atoms with Gasteiger partial charge in [0.1, 0.15) is 0 Å². The second kappa shape index (κ2) is 4.93. The third-order valence-electron chi connectivity index (χ3n) is 3.90. The summed E-state index contributed by atoms with van der Waals surface area (Å²) < 4.78 is 1.97. The van der Waals surface area contributed by atoms with Gasteiger partial charge in [0, 0.05) is 17.5 Å². The van der Waals surface area contributed by atoms with Gasteiger partial charge in [-0.25, -0.2) is 9.50 Å². The number of rotatable bonds is 2. The van der Waals surface area contributed by atoms with Gasteiger partial charge in [-0.15, -0.1) is 0 Å². The van der Waals surface area contributed by atoms with Crippen LogP contribution in [0, 0.1) is 6.92 Å². The van der Waals surface area contributed by atoms with E-state index in [9.17, 15) is 0 Å². The normalized spacial score (nSPS) is 20.3. The van der Waals surface area contributed by atoms with Crippen LogP contribution in [0.25, 0.3) is 5.65 Å². The zero-order valence-electron chi connectivity index (χ0n) is 12.0. The van der Waals surface area contributed by atoms with Crippen molar-refractivity contribution in [2.75, 3.05) is 6.54 Å². The molecule has 4 heteroatoms. The zero-order valence-corrected chi connectivity index (χ0v) is 12.0. The number of hydrogen-bond donors (Lipinski definition) is 1. The first kappa shape index (κ1) is 12.6. The molecule has 1 aliphatic heterocycles. The maximum atomic E-state index is 4.73. The fourth-order valence-electron chi connectivity index (χ4n) is 2.74. The van der Waals surface area contributed by atoms with Gasteiger partial charge in [0.25, 0.3) is 0 Å². The number of aromatic nitrogens is 3. The SMILES string of the molecule is Cc1cc(C(C)C)nc2cc(C3CCCCN3)nn12. The van der Waals surface area contributed by atoms with Crippen molar-refractivity contribution in [3.8, 4) is 0 Å². The Morgan fingerprint density at radius 1 is 1.32 bits per heavy atom. The Labute approximate surface area is 114 Å². The molecule has 102 valence electrons. The highest BCUT2D eigenvalue weighted by Gasteiger charge is 2.19. The number of hydrogen-bond acceptors (Lipinski definition) is 3. The van der Waals surface area contributed by atoms with Crippen LogP contribution in [0.15, 0.2) is 12.1 Å². The molecular formula is C15H22N4. The highest BCUT2D eigenvalue weighted by molar-refractivity contribution is 5.43. The van der Waals surface area contributed by atoms with Gasteiger partial charge >= 0.3 is 0 Å². The van der Waals surface area contributed by atoms with Gasteiger partial charge in [-0.05, 0) is 38.3 Å². The second-order valence-electron chi connectivity index (χ2n) is 5.82. The molecule has 3 heterocycles. The molecule has 2 aromatic rings. The summed E-state index contributed by atoms with van der Waals surface area (Å²) in [4.78, 5) is 4.72. The van der Waals surface area contributed by atoms with Crippen LogP contribution in [0.2, 0.25) is 0 Å². The van der Waals surface area contributed by atoms with Gasteiger partial charge in [0.15, 0.2) is 5.65 Å². The predicted molar refractivity (Wildman–Crippen MR) is 76.4 cm³/mol. The average molecular weight is 258 g/mol. The van der Waals surface area contributed by atoms with Crippen LogP contribution in [0.3, 0.4) is 0 Å². The lowest BCUT2D eigenvalue weighted by atomic mass is 10.0. The summed E-state index contributed by atoms with van der Waals surface area (Å²) in [5.41, 5.74) is 4.42. The van der Waals surface area contributed by atoms with Crippen LogP contribution in [0.5, 0.6) is 0 Å². The monoisotopic (exact) mass is 258 g/mol. The maximum absolute atomic E-state index is 4.73. The van der Waals surface area contributed by atoms with Gasteiger partial charge in [-0.3, -0.25) is 0 Å². The molecule has 19 heavy (non-hydrogen) atoms. The Morgan fingerprint density at radius 3 is 2.84 bits per heavy atom. The van der Waals surface area contributed by atoms with Crippen molar-refractivity contribution in [1.82, 2.24) is 19.9 Å². The Balaban J connectivity index is 2.02. The van der Waals surface area contributed by atoms with Crippen LogP contribution in [-0.4, -0.2) is 21.1 Å². The van der Waals surface area contributed by atoms with Crippen molar-refractivity contribution in [1.29, 1.82) is 0 Å². The number of nitrogens with zero attached hydrogens (tertiary/aromatic N) is 3. The molecule has 1 saturated heterocycles. The molecular weight excluding hydrogens is 236 g/mol. The Kier molecular flexibility index (Phi) is 3.27. The van der Waals surface area contributed by atoms with E-state index in [0.717, 1.165) is 29.3 Å². The Bertz CT molecular complexity index is 579. The van der Waals surface area contributed by atoms with E-state index in [2.05, 4.69) is 38.2 Å². The van der Waals surface area contributed by atoms with Crippen molar-refractivity contribution >= 4 is 5.65 Å². The third-order valence-corrected chi connectivity index (χ3v) is 3.90. The lowest BCUT2D eigenvalue weighted by Crippen LogP contribution is -2.27. The smallest absolute Gasteiger partial charge is 0.155 e. The first-order chi connectivity index (χ1) is 9.15. The van der Waals surface area contributed by atoms with E-state index >= 15 is 0 Å². The molecule has 0 spiro atoms. The minimum atomic E-state index is 0.400. The Morgan fingerprint density at radius 2 is 2.16 bits per heavy atom. The fraction of sp³-hybridized carbons (Fsp3) is 0.600. The Hall–Kier alpha value is -1.42. The van der Waals surface area contributed by atoms with Gasteiger partial charge in [-0.2, -0.15) is 5.10 Å². The van der Waals surface area contributed by atoms with E-state index < -0.39 is 0 Å². The molecule has 1 atom stereocenters. The quantitative estimate of drug-likeness (QED) is 0.900. The van der Waals surface area contributed by atoms with Crippen LogP contribution >= 0.6 is 0 Å². The number of nitrogens with one attached hydrogen (secondary N) is 1. The number of piperidine rings is 1. The summed E-state index contributed by atoms with van der Waals surface area (Å²) in [5.74, 6) is 0.454. The highest BCUT2D eigenvalue weighted by atomic mass is 15.3. The maximum Gasteiger partial charge on any atom is 0.155 e. The largest absolute Gasteiger partial charge is 0.309 e. The molecule has 3 rings (SSSR count). The van der Waals surface area contributed by atoms with Gasteiger partial charge in [0.05, 0.1) is 11.7 Å². The van der Waals surface area contributed by atoms with Gasteiger partial charge in [0.2, 0.25) is 0 Å². The lowest BCUT2D eigenvalue weighted by Gasteiger charge is -2.21.